The molecule has 0 spiro atoms. The van der Waals surface area contributed by atoms with Crippen molar-refractivity contribution in [3.63, 3.8) is 0 Å². The van der Waals surface area contributed by atoms with E-state index in [2.05, 4.69) is 27.3 Å². The van der Waals surface area contributed by atoms with Gasteiger partial charge in [-0.2, -0.15) is 11.8 Å². The summed E-state index contributed by atoms with van der Waals surface area (Å²) >= 11 is 2.06. The van der Waals surface area contributed by atoms with Crippen LogP contribution in [-0.4, -0.2) is 55.3 Å². The van der Waals surface area contributed by atoms with Crippen LogP contribution >= 0.6 is 11.8 Å². The highest BCUT2D eigenvalue weighted by atomic mass is 32.2. The molecule has 1 radical (unpaired) electrons. The van der Waals surface area contributed by atoms with Gasteiger partial charge in [0.25, 0.3) is 0 Å². The third-order valence-corrected chi connectivity index (χ3v) is 3.48. The molecule has 0 aromatic heterocycles. The minimum absolute atomic E-state index is 0.624. The Bertz CT molecular complexity index is 114. The maximum atomic E-state index is 4.35. The van der Waals surface area contributed by atoms with Gasteiger partial charge in [0.2, 0.25) is 0 Å². The minimum atomic E-state index is 0.624. The van der Waals surface area contributed by atoms with Gasteiger partial charge in [0.05, 0.1) is 6.17 Å². The second kappa shape index (κ2) is 4.46. The number of nitrogens with zero attached hydrogens (tertiary/aromatic N) is 2. The van der Waals surface area contributed by atoms with Crippen molar-refractivity contribution in [3.05, 3.63) is 0 Å². The molecule has 0 saturated carbocycles. The molecule has 0 aromatic carbocycles. The first-order chi connectivity index (χ1) is 5.97. The Hall–Kier alpha value is 0.230. The van der Waals surface area contributed by atoms with E-state index in [1.807, 2.05) is 0 Å². The highest BCUT2D eigenvalue weighted by molar-refractivity contribution is 7.99. The molecule has 1 unspecified atom stereocenters. The molecular formula is C8H16N3S. The highest BCUT2D eigenvalue weighted by Gasteiger charge is 2.21. The quantitative estimate of drug-likeness (QED) is 0.602. The maximum absolute atomic E-state index is 4.35. The Kier molecular flexibility index (Phi) is 3.28. The summed E-state index contributed by atoms with van der Waals surface area (Å²) in [5.74, 6) is 2.52. The van der Waals surface area contributed by atoms with Gasteiger partial charge in [-0.05, 0) is 0 Å². The summed E-state index contributed by atoms with van der Waals surface area (Å²) in [6.45, 7) is 5.53. The molecule has 69 valence electrons. The van der Waals surface area contributed by atoms with Crippen molar-refractivity contribution in [1.82, 2.24) is 15.5 Å². The minimum Gasteiger partial charge on any atom is -0.300 e. The van der Waals surface area contributed by atoms with E-state index in [-0.39, 0.29) is 0 Å². The molecule has 2 aliphatic heterocycles. The van der Waals surface area contributed by atoms with Crippen LogP contribution in [0.15, 0.2) is 0 Å². The summed E-state index contributed by atoms with van der Waals surface area (Å²) in [5, 5.41) is 7.90. The van der Waals surface area contributed by atoms with E-state index in [1.165, 1.54) is 18.1 Å². The molecule has 2 fully saturated rings. The summed E-state index contributed by atoms with van der Waals surface area (Å²) in [5.41, 5.74) is 0. The first kappa shape index (κ1) is 8.81. The fourth-order valence-electron chi connectivity index (χ4n) is 1.72. The van der Waals surface area contributed by atoms with Crippen LogP contribution in [0.5, 0.6) is 0 Å². The van der Waals surface area contributed by atoms with Crippen LogP contribution in [-0.2, 0) is 0 Å². The molecule has 0 amide bonds. The van der Waals surface area contributed by atoms with Gasteiger partial charge in [-0.25, -0.2) is 5.32 Å². The Morgan fingerprint density at radius 3 is 2.83 bits per heavy atom. The number of thioether (sulfide) groups is 1. The molecule has 2 saturated heterocycles. The lowest BCUT2D eigenvalue weighted by atomic mass is 10.3. The van der Waals surface area contributed by atoms with E-state index in [9.17, 15) is 0 Å². The van der Waals surface area contributed by atoms with E-state index < -0.39 is 0 Å². The lowest BCUT2D eigenvalue weighted by molar-refractivity contribution is 0.159. The summed E-state index contributed by atoms with van der Waals surface area (Å²) < 4.78 is 0. The molecule has 2 rings (SSSR count). The molecular weight excluding hydrogens is 170 g/mol. The smallest absolute Gasteiger partial charge is 0.0691 e. The predicted molar refractivity (Wildman–Crippen MR) is 52.6 cm³/mol. The maximum Gasteiger partial charge on any atom is 0.0691 e. The van der Waals surface area contributed by atoms with Crippen LogP contribution in [0.3, 0.4) is 0 Å². The monoisotopic (exact) mass is 186 g/mol. The van der Waals surface area contributed by atoms with Crippen molar-refractivity contribution in [1.29, 1.82) is 0 Å². The van der Waals surface area contributed by atoms with Crippen molar-refractivity contribution in [2.45, 2.75) is 6.17 Å². The van der Waals surface area contributed by atoms with Crippen LogP contribution in [0.2, 0.25) is 0 Å². The summed E-state index contributed by atoms with van der Waals surface area (Å²) in [6.07, 6.45) is 0.624. The number of nitrogens with one attached hydrogen (secondary N) is 1. The number of hydrogen-bond acceptors (Lipinski definition) is 3. The van der Waals surface area contributed by atoms with Gasteiger partial charge in [-0.3, -0.25) is 4.90 Å². The molecule has 2 heterocycles. The second-order valence-electron chi connectivity index (χ2n) is 3.25. The summed E-state index contributed by atoms with van der Waals surface area (Å²) in [7, 11) is 0. The average Bonchev–Trinajstić information content (AvgIpc) is 2.21. The molecule has 3 nitrogen and oxygen atoms in total. The Balaban J connectivity index is 1.80. The van der Waals surface area contributed by atoms with Crippen LogP contribution < -0.4 is 10.6 Å². The van der Waals surface area contributed by atoms with Crippen LogP contribution in [0, 0.1) is 0 Å². The zero-order chi connectivity index (χ0) is 8.23. The van der Waals surface area contributed by atoms with Crippen molar-refractivity contribution in [2.75, 3.05) is 44.2 Å². The van der Waals surface area contributed by atoms with E-state index in [1.54, 1.807) is 0 Å². The normalized spacial score (nSPS) is 33.5. The zero-order valence-electron chi connectivity index (χ0n) is 7.33. The van der Waals surface area contributed by atoms with Crippen molar-refractivity contribution in [2.24, 2.45) is 0 Å². The average molecular weight is 186 g/mol. The predicted octanol–water partition coefficient (Wildman–Crippen LogP) is -0.431. The fourth-order valence-corrected chi connectivity index (χ4v) is 2.70. The van der Waals surface area contributed by atoms with Gasteiger partial charge in [0.1, 0.15) is 0 Å². The number of hydrogen-bond donors (Lipinski definition) is 1. The van der Waals surface area contributed by atoms with Gasteiger partial charge in [0.15, 0.2) is 0 Å². The van der Waals surface area contributed by atoms with Gasteiger partial charge < -0.3 is 5.32 Å². The van der Waals surface area contributed by atoms with Gasteiger partial charge in [-0.1, -0.05) is 0 Å². The Labute approximate surface area is 78.3 Å². The topological polar surface area (TPSA) is 29.4 Å². The largest absolute Gasteiger partial charge is 0.300 e. The summed E-state index contributed by atoms with van der Waals surface area (Å²) in [6, 6.07) is 0. The molecule has 1 atom stereocenters. The summed E-state index contributed by atoms with van der Waals surface area (Å²) in [4.78, 5) is 2.53. The first-order valence-corrected chi connectivity index (χ1v) is 5.81. The SMILES string of the molecule is C1CN(C2CSCCN2)CC[N]1. The standard InChI is InChI=1S/C8H16N3S/c1-4-11(5-2-9-1)8-7-12-6-3-10-8/h8,10H,1-7H2. The van der Waals surface area contributed by atoms with E-state index in [0.29, 0.717) is 6.17 Å². The van der Waals surface area contributed by atoms with E-state index in [4.69, 9.17) is 0 Å². The second-order valence-corrected chi connectivity index (χ2v) is 4.40. The fraction of sp³-hybridized carbons (Fsp3) is 1.00. The molecule has 1 N–H and O–H groups in total. The molecule has 12 heavy (non-hydrogen) atoms. The lowest BCUT2D eigenvalue weighted by Gasteiger charge is -2.36. The molecule has 0 bridgehead atoms. The first-order valence-electron chi connectivity index (χ1n) is 4.65. The van der Waals surface area contributed by atoms with Gasteiger partial charge in [-0.15, -0.1) is 0 Å². The Morgan fingerprint density at radius 2 is 2.17 bits per heavy atom. The third kappa shape index (κ3) is 2.13. The zero-order valence-corrected chi connectivity index (χ0v) is 8.15. The highest BCUT2D eigenvalue weighted by Crippen LogP contribution is 2.11. The van der Waals surface area contributed by atoms with Crippen LogP contribution in [0.4, 0.5) is 0 Å². The number of rotatable bonds is 1. The van der Waals surface area contributed by atoms with Gasteiger partial charge >= 0.3 is 0 Å². The lowest BCUT2D eigenvalue weighted by Crippen LogP contribution is -2.55. The van der Waals surface area contributed by atoms with Gasteiger partial charge in [0, 0.05) is 44.2 Å². The van der Waals surface area contributed by atoms with Crippen molar-refractivity contribution in [3.8, 4) is 0 Å². The van der Waals surface area contributed by atoms with Crippen molar-refractivity contribution < 1.29 is 0 Å². The Morgan fingerprint density at radius 1 is 1.33 bits per heavy atom. The van der Waals surface area contributed by atoms with Crippen LogP contribution in [0.25, 0.3) is 0 Å². The molecule has 0 aromatic rings. The van der Waals surface area contributed by atoms with E-state index in [0.717, 1.165) is 26.2 Å². The van der Waals surface area contributed by atoms with Crippen LogP contribution in [0.1, 0.15) is 0 Å². The third-order valence-electron chi connectivity index (χ3n) is 2.43. The molecule has 4 heteroatoms. The molecule has 2 aliphatic rings. The van der Waals surface area contributed by atoms with E-state index >= 15 is 0 Å². The number of piperazine rings is 1. The molecule has 0 aliphatic carbocycles. The van der Waals surface area contributed by atoms with Crippen molar-refractivity contribution >= 4 is 11.8 Å².